The van der Waals surface area contributed by atoms with Crippen LogP contribution in [0.5, 0.6) is 0 Å². The SMILES string of the molecule is Cc1cc(-c2ccc(NS(C)(=O)=O)c(C)c2)ccc1NS(C)(=O)=O. The van der Waals surface area contributed by atoms with Crippen LogP contribution in [0.15, 0.2) is 36.4 Å². The molecule has 24 heavy (non-hydrogen) atoms. The first-order chi connectivity index (χ1) is 10.9. The molecule has 2 aromatic carbocycles. The highest BCUT2D eigenvalue weighted by Gasteiger charge is 2.09. The first-order valence-electron chi connectivity index (χ1n) is 7.12. The second-order valence-corrected chi connectivity index (χ2v) is 9.30. The van der Waals surface area contributed by atoms with Gasteiger partial charge in [-0.1, -0.05) is 12.1 Å². The molecule has 130 valence electrons. The van der Waals surface area contributed by atoms with E-state index in [-0.39, 0.29) is 0 Å². The molecule has 0 bridgehead atoms. The van der Waals surface area contributed by atoms with Crippen LogP contribution in [0, 0.1) is 13.8 Å². The summed E-state index contributed by atoms with van der Waals surface area (Å²) in [5, 5.41) is 0. The number of aryl methyl sites for hydroxylation is 2. The van der Waals surface area contributed by atoms with Gasteiger partial charge >= 0.3 is 0 Å². The molecular formula is C16H20N2O4S2. The molecule has 2 aromatic rings. The number of hydrogen-bond donors (Lipinski definition) is 2. The van der Waals surface area contributed by atoms with Crippen molar-refractivity contribution in [3.8, 4) is 11.1 Å². The minimum atomic E-state index is -3.32. The molecule has 0 unspecified atom stereocenters. The summed E-state index contributed by atoms with van der Waals surface area (Å²) in [4.78, 5) is 0. The van der Waals surface area contributed by atoms with E-state index in [1.807, 2.05) is 38.1 Å². The van der Waals surface area contributed by atoms with Crippen molar-refractivity contribution in [2.75, 3.05) is 22.0 Å². The van der Waals surface area contributed by atoms with Crippen LogP contribution in [0.4, 0.5) is 11.4 Å². The first kappa shape index (κ1) is 18.3. The maximum atomic E-state index is 11.3. The molecule has 0 aliphatic heterocycles. The number of hydrogen-bond acceptors (Lipinski definition) is 4. The van der Waals surface area contributed by atoms with Gasteiger partial charge in [-0.2, -0.15) is 0 Å². The van der Waals surface area contributed by atoms with Crippen LogP contribution in [0.2, 0.25) is 0 Å². The predicted molar refractivity (Wildman–Crippen MR) is 98.3 cm³/mol. The van der Waals surface area contributed by atoms with E-state index >= 15 is 0 Å². The maximum absolute atomic E-state index is 11.3. The smallest absolute Gasteiger partial charge is 0.229 e. The van der Waals surface area contributed by atoms with Crippen molar-refractivity contribution in [3.05, 3.63) is 47.5 Å². The molecule has 0 atom stereocenters. The van der Waals surface area contributed by atoms with Gasteiger partial charge in [0.25, 0.3) is 0 Å². The van der Waals surface area contributed by atoms with Gasteiger partial charge in [0.05, 0.1) is 23.9 Å². The Labute approximate surface area is 143 Å². The average molecular weight is 368 g/mol. The predicted octanol–water partition coefficient (Wildman–Crippen LogP) is 2.71. The quantitative estimate of drug-likeness (QED) is 0.849. The minimum Gasteiger partial charge on any atom is -0.284 e. The van der Waals surface area contributed by atoms with Crippen molar-refractivity contribution >= 4 is 31.4 Å². The average Bonchev–Trinajstić information content (AvgIpc) is 2.40. The highest BCUT2D eigenvalue weighted by atomic mass is 32.2. The summed E-state index contributed by atoms with van der Waals surface area (Å²) in [5.74, 6) is 0. The summed E-state index contributed by atoms with van der Waals surface area (Å²) in [6, 6.07) is 10.8. The lowest BCUT2D eigenvalue weighted by Gasteiger charge is -2.12. The number of benzene rings is 2. The lowest BCUT2D eigenvalue weighted by molar-refractivity contribution is 0.605. The van der Waals surface area contributed by atoms with Crippen molar-refractivity contribution in [3.63, 3.8) is 0 Å². The Morgan fingerprint density at radius 2 is 1.00 bits per heavy atom. The lowest BCUT2D eigenvalue weighted by Crippen LogP contribution is -2.10. The van der Waals surface area contributed by atoms with E-state index in [0.29, 0.717) is 11.4 Å². The van der Waals surface area contributed by atoms with E-state index in [2.05, 4.69) is 9.44 Å². The highest BCUT2D eigenvalue weighted by molar-refractivity contribution is 7.92. The fourth-order valence-corrected chi connectivity index (χ4v) is 3.57. The molecule has 2 N–H and O–H groups in total. The topological polar surface area (TPSA) is 92.3 Å². The Bertz CT molecular complexity index is 900. The van der Waals surface area contributed by atoms with E-state index in [1.165, 1.54) is 0 Å². The minimum absolute atomic E-state index is 0.535. The van der Waals surface area contributed by atoms with Gasteiger partial charge in [-0.15, -0.1) is 0 Å². The molecule has 0 aromatic heterocycles. The molecule has 0 spiro atoms. The normalized spacial score (nSPS) is 12.0. The van der Waals surface area contributed by atoms with Crippen molar-refractivity contribution in [1.29, 1.82) is 0 Å². The molecule has 0 saturated heterocycles. The Morgan fingerprint density at radius 1 is 0.667 bits per heavy atom. The van der Waals surface area contributed by atoms with Gasteiger partial charge in [-0.3, -0.25) is 9.44 Å². The fraction of sp³-hybridized carbons (Fsp3) is 0.250. The van der Waals surface area contributed by atoms with E-state index in [4.69, 9.17) is 0 Å². The van der Waals surface area contributed by atoms with Crippen LogP contribution in [0.3, 0.4) is 0 Å². The summed E-state index contributed by atoms with van der Waals surface area (Å²) in [6.07, 6.45) is 2.22. The molecule has 0 heterocycles. The van der Waals surface area contributed by atoms with Crippen LogP contribution in [0.1, 0.15) is 11.1 Å². The fourth-order valence-electron chi connectivity index (χ4n) is 2.31. The van der Waals surface area contributed by atoms with Crippen molar-refractivity contribution < 1.29 is 16.8 Å². The zero-order chi connectivity index (χ0) is 18.1. The van der Waals surface area contributed by atoms with E-state index in [1.54, 1.807) is 12.1 Å². The molecule has 0 radical (unpaired) electrons. The Morgan fingerprint density at radius 3 is 1.25 bits per heavy atom. The molecular weight excluding hydrogens is 348 g/mol. The second kappa shape index (κ2) is 6.45. The van der Waals surface area contributed by atoms with Crippen LogP contribution in [0.25, 0.3) is 11.1 Å². The van der Waals surface area contributed by atoms with Gasteiger partial charge in [0.2, 0.25) is 20.0 Å². The van der Waals surface area contributed by atoms with Gasteiger partial charge in [0.1, 0.15) is 0 Å². The molecule has 0 saturated carbocycles. The monoisotopic (exact) mass is 368 g/mol. The number of anilines is 2. The lowest BCUT2D eigenvalue weighted by atomic mass is 10.0. The molecule has 8 heteroatoms. The van der Waals surface area contributed by atoms with Crippen LogP contribution >= 0.6 is 0 Å². The largest absolute Gasteiger partial charge is 0.284 e. The summed E-state index contributed by atoms with van der Waals surface area (Å²) in [7, 11) is -6.64. The van der Waals surface area contributed by atoms with Gasteiger partial charge in [0.15, 0.2) is 0 Å². The summed E-state index contributed by atoms with van der Waals surface area (Å²) < 4.78 is 50.3. The zero-order valence-electron chi connectivity index (χ0n) is 13.9. The Kier molecular flexibility index (Phi) is 4.91. The van der Waals surface area contributed by atoms with Gasteiger partial charge < -0.3 is 0 Å². The van der Waals surface area contributed by atoms with Gasteiger partial charge in [-0.25, -0.2) is 16.8 Å². The molecule has 0 amide bonds. The van der Waals surface area contributed by atoms with Gasteiger partial charge in [-0.05, 0) is 60.4 Å². The van der Waals surface area contributed by atoms with Gasteiger partial charge in [0, 0.05) is 0 Å². The highest BCUT2D eigenvalue weighted by Crippen LogP contribution is 2.28. The van der Waals surface area contributed by atoms with Crippen molar-refractivity contribution in [1.82, 2.24) is 0 Å². The Hall–Kier alpha value is -2.06. The van der Waals surface area contributed by atoms with Crippen LogP contribution < -0.4 is 9.44 Å². The second-order valence-electron chi connectivity index (χ2n) is 5.81. The summed E-state index contributed by atoms with van der Waals surface area (Å²) in [5.41, 5.74) is 4.51. The zero-order valence-corrected chi connectivity index (χ0v) is 15.5. The van der Waals surface area contributed by atoms with E-state index in [9.17, 15) is 16.8 Å². The Balaban J connectivity index is 2.36. The van der Waals surface area contributed by atoms with Crippen LogP contribution in [-0.2, 0) is 20.0 Å². The number of nitrogens with one attached hydrogen (secondary N) is 2. The van der Waals surface area contributed by atoms with E-state index in [0.717, 1.165) is 34.8 Å². The molecule has 2 rings (SSSR count). The molecule has 0 aliphatic carbocycles. The molecule has 6 nitrogen and oxygen atoms in total. The number of sulfonamides is 2. The third kappa shape index (κ3) is 4.97. The third-order valence-corrected chi connectivity index (χ3v) is 4.56. The summed E-state index contributed by atoms with van der Waals surface area (Å²) in [6.45, 7) is 3.65. The van der Waals surface area contributed by atoms with Crippen LogP contribution in [-0.4, -0.2) is 29.3 Å². The first-order valence-corrected chi connectivity index (χ1v) is 10.9. The molecule has 0 aliphatic rings. The van der Waals surface area contributed by atoms with Crippen molar-refractivity contribution in [2.45, 2.75) is 13.8 Å². The number of rotatable bonds is 5. The maximum Gasteiger partial charge on any atom is 0.229 e. The van der Waals surface area contributed by atoms with Crippen molar-refractivity contribution in [2.24, 2.45) is 0 Å². The molecule has 0 fully saturated rings. The standard InChI is InChI=1S/C16H20N2O4S2/c1-11-9-13(5-7-15(11)17-23(3,19)20)14-6-8-16(12(2)10-14)18-24(4,21)22/h5-10,17-18H,1-4H3. The third-order valence-electron chi connectivity index (χ3n) is 3.38. The summed E-state index contributed by atoms with van der Waals surface area (Å²) >= 11 is 0. The van der Waals surface area contributed by atoms with E-state index < -0.39 is 20.0 Å².